The van der Waals surface area contributed by atoms with E-state index in [1.54, 1.807) is 11.3 Å². The summed E-state index contributed by atoms with van der Waals surface area (Å²) in [5.41, 5.74) is 5.20. The Morgan fingerprint density at radius 3 is 1.98 bits per heavy atom. The topological polar surface area (TPSA) is 30.7 Å². The van der Waals surface area contributed by atoms with Crippen molar-refractivity contribution in [2.45, 2.75) is 0 Å². The molecule has 0 N–H and O–H groups in total. The van der Waals surface area contributed by atoms with Crippen molar-refractivity contribution in [2.24, 2.45) is 0 Å². The predicted octanol–water partition coefficient (Wildman–Crippen LogP) is 12.3. The lowest BCUT2D eigenvalue weighted by Crippen LogP contribution is -2.03. The lowest BCUT2D eigenvalue weighted by atomic mass is 10.0. The summed E-state index contributed by atoms with van der Waals surface area (Å²) in [6, 6.07) is 50.5. The summed E-state index contributed by atoms with van der Waals surface area (Å²) in [7, 11) is 0. The smallest absolute Gasteiger partial charge is 0.166 e. The van der Waals surface area contributed by atoms with Crippen LogP contribution in [0.5, 0.6) is 0 Å². The van der Waals surface area contributed by atoms with E-state index < -0.39 is 0 Å². The van der Waals surface area contributed by atoms with Crippen LogP contribution >= 0.6 is 22.7 Å². The van der Waals surface area contributed by atoms with E-state index in [4.69, 9.17) is 9.97 Å². The van der Waals surface area contributed by atoms with Gasteiger partial charge in [-0.15, -0.1) is 22.7 Å². The maximum atomic E-state index is 5.57. The summed E-state index contributed by atoms with van der Waals surface area (Å²) in [5.74, 6) is 0.856. The van der Waals surface area contributed by atoms with Crippen molar-refractivity contribution in [3.63, 3.8) is 0 Å². The second-order valence-corrected chi connectivity index (χ2v) is 14.3. The van der Waals surface area contributed by atoms with Crippen LogP contribution in [0.3, 0.4) is 0 Å². The first-order valence-corrected chi connectivity index (χ1v) is 17.4. The molecule has 3 nitrogen and oxygen atoms in total. The lowest BCUT2D eigenvalue weighted by molar-refractivity contribution is 1.09. The van der Waals surface area contributed by atoms with E-state index >= 15 is 0 Å². The van der Waals surface area contributed by atoms with Gasteiger partial charge in [-0.1, -0.05) is 103 Å². The number of hydrogen-bond acceptors (Lipinski definition) is 4. The lowest BCUT2D eigenvalue weighted by Gasteiger charge is -2.14. The number of benzene rings is 7. The van der Waals surface area contributed by atoms with Gasteiger partial charge in [-0.05, 0) is 52.6 Å². The Morgan fingerprint density at radius 2 is 1.13 bits per heavy atom. The van der Waals surface area contributed by atoms with Gasteiger partial charge >= 0.3 is 0 Å². The zero-order valence-corrected chi connectivity index (χ0v) is 26.6. The minimum absolute atomic E-state index is 0.856. The summed E-state index contributed by atoms with van der Waals surface area (Å²) >= 11 is 3.55. The van der Waals surface area contributed by atoms with Gasteiger partial charge in [-0.25, -0.2) is 9.97 Å². The molecule has 0 aliphatic carbocycles. The van der Waals surface area contributed by atoms with Crippen molar-refractivity contribution in [1.82, 2.24) is 14.5 Å². The van der Waals surface area contributed by atoms with Gasteiger partial charge in [0, 0.05) is 52.0 Å². The molecule has 11 rings (SSSR count). The molecule has 11 aromatic rings. The maximum Gasteiger partial charge on any atom is 0.166 e. The van der Waals surface area contributed by atoms with Gasteiger partial charge in [0.1, 0.15) is 16.0 Å². The monoisotopic (exact) mass is 633 g/mol. The maximum absolute atomic E-state index is 5.57. The molecule has 0 bridgehead atoms. The highest BCUT2D eigenvalue weighted by Gasteiger charge is 2.23. The average Bonchev–Trinajstić information content (AvgIpc) is 3.78. The van der Waals surface area contributed by atoms with Gasteiger partial charge in [-0.2, -0.15) is 0 Å². The SMILES string of the molecule is c1ccc2cc3c(cc2c1)c1ccc2ccccc2c1n3-c1nc2sc3ccccc3c2nc1-c1ccc2sc3ccccc3c2c1. The van der Waals surface area contributed by atoms with Crippen molar-refractivity contribution >= 4 is 107 Å². The molecule has 0 amide bonds. The van der Waals surface area contributed by atoms with Crippen LogP contribution in [0.15, 0.2) is 140 Å². The molecule has 0 saturated carbocycles. The van der Waals surface area contributed by atoms with E-state index in [0.29, 0.717) is 0 Å². The summed E-state index contributed by atoms with van der Waals surface area (Å²) in [6.45, 7) is 0. The molecule has 5 heteroatoms. The molecule has 7 aromatic carbocycles. The normalized spacial score (nSPS) is 12.3. The van der Waals surface area contributed by atoms with Crippen molar-refractivity contribution in [3.8, 4) is 17.1 Å². The molecule has 0 saturated heterocycles. The van der Waals surface area contributed by atoms with Crippen LogP contribution < -0.4 is 0 Å². The zero-order valence-electron chi connectivity index (χ0n) is 24.9. The largest absolute Gasteiger partial charge is 0.291 e. The number of nitrogens with zero attached hydrogens (tertiary/aromatic N) is 3. The second-order valence-electron chi connectivity index (χ2n) is 12.2. The third-order valence-electron chi connectivity index (χ3n) is 9.58. The summed E-state index contributed by atoms with van der Waals surface area (Å²) < 4.78 is 6.16. The third kappa shape index (κ3) is 3.61. The predicted molar refractivity (Wildman–Crippen MR) is 203 cm³/mol. The van der Waals surface area contributed by atoms with Crippen LogP contribution in [0.1, 0.15) is 0 Å². The molecule has 0 atom stereocenters. The van der Waals surface area contributed by atoms with Crippen molar-refractivity contribution in [2.75, 3.05) is 0 Å². The molecule has 218 valence electrons. The van der Waals surface area contributed by atoms with E-state index in [9.17, 15) is 0 Å². The van der Waals surface area contributed by atoms with E-state index in [1.807, 2.05) is 11.3 Å². The molecule has 47 heavy (non-hydrogen) atoms. The number of fused-ring (bicyclic) bond motifs is 12. The Morgan fingerprint density at radius 1 is 0.447 bits per heavy atom. The van der Waals surface area contributed by atoms with Gasteiger partial charge in [0.2, 0.25) is 0 Å². The summed E-state index contributed by atoms with van der Waals surface area (Å²) in [4.78, 5) is 12.1. The van der Waals surface area contributed by atoms with Crippen LogP contribution in [0.4, 0.5) is 0 Å². The van der Waals surface area contributed by atoms with Crippen molar-refractivity contribution in [1.29, 1.82) is 0 Å². The van der Waals surface area contributed by atoms with Gasteiger partial charge in [-0.3, -0.25) is 4.57 Å². The fraction of sp³-hybridized carbons (Fsp3) is 0. The average molecular weight is 634 g/mol. The number of aromatic nitrogens is 3. The Balaban J connectivity index is 1.34. The highest BCUT2D eigenvalue weighted by molar-refractivity contribution is 7.26. The third-order valence-corrected chi connectivity index (χ3v) is 11.8. The highest BCUT2D eigenvalue weighted by atomic mass is 32.1. The molecule has 4 heterocycles. The van der Waals surface area contributed by atoms with Gasteiger partial charge in [0.05, 0.1) is 11.0 Å². The number of rotatable bonds is 2. The Bertz CT molecular complexity index is 3090. The molecule has 4 aromatic heterocycles. The molecule has 0 radical (unpaired) electrons. The fourth-order valence-corrected chi connectivity index (χ4v) is 9.52. The number of thiophene rings is 2. The molecular formula is C42H23N3S2. The number of hydrogen-bond donors (Lipinski definition) is 0. The fourth-order valence-electron chi connectivity index (χ4n) is 7.42. The van der Waals surface area contributed by atoms with Crippen LogP contribution in [0.2, 0.25) is 0 Å². The Hall–Kier alpha value is -5.62. The Labute approximate surface area is 276 Å². The standard InChI is InChI=1S/C42H23N3S2/c1-2-11-26-23-34-32(21-25(26)10-1)30-19-17-24-9-3-4-12-28(24)40(30)45(34)41-38(43-39-31-14-6-8-16-36(31)47-42(39)44-41)27-18-20-37-33(22-27)29-13-5-7-15-35(29)46-37/h1-23H. The molecule has 0 aliphatic rings. The molecule has 0 unspecified atom stereocenters. The molecule has 0 aliphatic heterocycles. The van der Waals surface area contributed by atoms with Crippen LogP contribution in [0, 0.1) is 0 Å². The van der Waals surface area contributed by atoms with E-state index in [2.05, 4.69) is 144 Å². The van der Waals surface area contributed by atoms with Gasteiger partial charge in [0.25, 0.3) is 0 Å². The van der Waals surface area contributed by atoms with Gasteiger partial charge in [0.15, 0.2) is 5.82 Å². The minimum atomic E-state index is 0.856. The second kappa shape index (κ2) is 9.46. The quantitative estimate of drug-likeness (QED) is 0.190. The molecule has 0 fully saturated rings. The van der Waals surface area contributed by atoms with Crippen molar-refractivity contribution < 1.29 is 0 Å². The van der Waals surface area contributed by atoms with Crippen LogP contribution in [0.25, 0.3) is 101 Å². The summed E-state index contributed by atoms with van der Waals surface area (Å²) in [6.07, 6.45) is 0. The molecular weight excluding hydrogens is 611 g/mol. The molecule has 0 spiro atoms. The minimum Gasteiger partial charge on any atom is -0.291 e. The van der Waals surface area contributed by atoms with Crippen molar-refractivity contribution in [3.05, 3.63) is 140 Å². The Kier molecular flexibility index (Phi) is 5.14. The zero-order chi connectivity index (χ0) is 30.6. The van der Waals surface area contributed by atoms with Crippen LogP contribution in [-0.2, 0) is 0 Å². The van der Waals surface area contributed by atoms with E-state index in [1.165, 1.54) is 57.2 Å². The first kappa shape index (κ1) is 25.6. The van der Waals surface area contributed by atoms with Crippen LogP contribution in [-0.4, -0.2) is 14.5 Å². The van der Waals surface area contributed by atoms with E-state index in [-0.39, 0.29) is 0 Å². The summed E-state index contributed by atoms with van der Waals surface area (Å²) in [5, 5.41) is 11.0. The highest BCUT2D eigenvalue weighted by Crippen LogP contribution is 2.43. The first-order chi connectivity index (χ1) is 23.3. The first-order valence-electron chi connectivity index (χ1n) is 15.7. The van der Waals surface area contributed by atoms with E-state index in [0.717, 1.165) is 43.8 Å². The van der Waals surface area contributed by atoms with Gasteiger partial charge < -0.3 is 0 Å².